The van der Waals surface area contributed by atoms with Crippen LogP contribution in [0.15, 0.2) is 36.7 Å². The minimum Gasteiger partial charge on any atom is -0.434 e. The van der Waals surface area contributed by atoms with Gasteiger partial charge in [0.25, 0.3) is 5.91 Å². The van der Waals surface area contributed by atoms with Crippen molar-refractivity contribution in [2.24, 2.45) is 5.73 Å². The number of halogens is 4. The third-order valence-electron chi connectivity index (χ3n) is 8.38. The highest BCUT2D eigenvalue weighted by atomic mass is 19.3. The second-order valence-corrected chi connectivity index (χ2v) is 11.4. The van der Waals surface area contributed by atoms with Gasteiger partial charge in [-0.05, 0) is 44.4 Å². The predicted octanol–water partition coefficient (Wildman–Crippen LogP) is 4.03. The molecule has 0 radical (unpaired) electrons. The zero-order valence-electron chi connectivity index (χ0n) is 21.9. The van der Waals surface area contributed by atoms with Crippen LogP contribution in [0, 0.1) is 11.6 Å². The van der Waals surface area contributed by atoms with Gasteiger partial charge in [0.05, 0.1) is 34.8 Å². The Bertz CT molecular complexity index is 1770. The summed E-state index contributed by atoms with van der Waals surface area (Å²) in [5.41, 5.74) is 5.70. The molecule has 4 aromatic rings. The predicted molar refractivity (Wildman–Crippen MR) is 136 cm³/mol. The Morgan fingerprint density at radius 3 is 2.63 bits per heavy atom. The highest BCUT2D eigenvalue weighted by molar-refractivity contribution is 5.98. The monoisotopic (exact) mass is 568 g/mol. The minimum absolute atomic E-state index is 0.0274. The van der Waals surface area contributed by atoms with Gasteiger partial charge in [0.15, 0.2) is 11.5 Å². The van der Waals surface area contributed by atoms with E-state index < -0.39 is 41.3 Å². The summed E-state index contributed by atoms with van der Waals surface area (Å²) >= 11 is 0. The molecule has 1 amide bonds. The molecule has 212 valence electrons. The Labute approximate surface area is 230 Å². The fourth-order valence-corrected chi connectivity index (χ4v) is 6.85. The second kappa shape index (κ2) is 8.46. The Hall–Kier alpha value is -4.10. The molecule has 0 unspecified atom stereocenters. The standard InChI is InChI=1S/C28H24F4N6O3/c1-27(40)10-28(33,11-27)23-15(29)6-12(8-34-23)21-16(30)9-38-24(35-21)20-14-7-17(22(20)36-38)37(2)25(39)13-4-3-5-18(19(13)14)41-26(31)32/h3-6,8-9,14,17,26,40H,7,10-11,33H2,1-2H3/t14-,17-,27?,28?/m1/s1. The summed E-state index contributed by atoms with van der Waals surface area (Å²) in [4.78, 5) is 23.5. The molecule has 1 saturated carbocycles. The van der Waals surface area contributed by atoms with Crippen LogP contribution in [0.4, 0.5) is 17.6 Å². The number of rotatable bonds is 4. The molecule has 2 bridgehead atoms. The van der Waals surface area contributed by atoms with Crippen molar-refractivity contribution >= 4 is 11.6 Å². The lowest BCUT2D eigenvalue weighted by Gasteiger charge is -2.48. The lowest BCUT2D eigenvalue weighted by Crippen LogP contribution is -2.59. The van der Waals surface area contributed by atoms with E-state index in [0.717, 1.165) is 12.3 Å². The number of benzene rings is 1. The van der Waals surface area contributed by atoms with E-state index in [1.54, 1.807) is 20.0 Å². The third-order valence-corrected chi connectivity index (χ3v) is 8.38. The fraction of sp³-hybridized carbons (Fsp3) is 0.357. The highest BCUT2D eigenvalue weighted by Gasteiger charge is 2.52. The number of nitrogens with two attached hydrogens (primary N) is 1. The number of fused-ring (bicyclic) bond motifs is 9. The first kappa shape index (κ1) is 25.8. The van der Waals surface area contributed by atoms with E-state index in [1.807, 2.05) is 0 Å². The molecule has 0 spiro atoms. The van der Waals surface area contributed by atoms with Crippen LogP contribution in [0.5, 0.6) is 5.75 Å². The number of hydrogen-bond donors (Lipinski definition) is 2. The number of carbonyl (C=O) groups excluding carboxylic acids is 1. The Kier molecular flexibility index (Phi) is 5.33. The molecule has 1 fully saturated rings. The first-order valence-electron chi connectivity index (χ1n) is 13.0. The average Bonchev–Trinajstić information content (AvgIpc) is 3.39. The van der Waals surface area contributed by atoms with E-state index in [4.69, 9.17) is 10.5 Å². The topological polar surface area (TPSA) is 119 Å². The maximum atomic E-state index is 15.4. The van der Waals surface area contributed by atoms with Crippen LogP contribution in [0.25, 0.3) is 16.9 Å². The zero-order valence-corrected chi connectivity index (χ0v) is 21.9. The van der Waals surface area contributed by atoms with Gasteiger partial charge in [-0.1, -0.05) is 6.07 Å². The average molecular weight is 569 g/mol. The molecule has 1 aromatic carbocycles. The summed E-state index contributed by atoms with van der Waals surface area (Å²) in [6.45, 7) is -1.50. The van der Waals surface area contributed by atoms with Crippen LogP contribution in [-0.2, 0) is 5.54 Å². The van der Waals surface area contributed by atoms with Gasteiger partial charge in [0.1, 0.15) is 17.3 Å². The van der Waals surface area contributed by atoms with E-state index >= 15 is 8.78 Å². The number of aromatic nitrogens is 4. The molecule has 0 saturated heterocycles. The number of hydrogen-bond acceptors (Lipinski definition) is 7. The molecular formula is C28H24F4N6O3. The molecule has 4 heterocycles. The molecule has 7 rings (SSSR count). The molecule has 3 aromatic heterocycles. The first-order valence-corrected chi connectivity index (χ1v) is 13.0. The summed E-state index contributed by atoms with van der Waals surface area (Å²) in [6, 6.07) is 5.00. The number of alkyl halides is 2. The second-order valence-electron chi connectivity index (χ2n) is 11.4. The van der Waals surface area contributed by atoms with Gasteiger partial charge >= 0.3 is 6.61 Å². The van der Waals surface area contributed by atoms with E-state index in [2.05, 4.69) is 15.1 Å². The molecule has 41 heavy (non-hydrogen) atoms. The number of nitrogens with zero attached hydrogens (tertiary/aromatic N) is 5. The van der Waals surface area contributed by atoms with E-state index in [0.29, 0.717) is 17.7 Å². The van der Waals surface area contributed by atoms with E-state index in [9.17, 15) is 18.7 Å². The largest absolute Gasteiger partial charge is 0.434 e. The summed E-state index contributed by atoms with van der Waals surface area (Å²) in [5, 5.41) is 14.6. The minimum atomic E-state index is -3.11. The van der Waals surface area contributed by atoms with E-state index in [1.165, 1.54) is 27.7 Å². The van der Waals surface area contributed by atoms with Crippen molar-refractivity contribution in [3.63, 3.8) is 0 Å². The van der Waals surface area contributed by atoms with Gasteiger partial charge in [-0.2, -0.15) is 13.9 Å². The quantitative estimate of drug-likeness (QED) is 0.357. The summed E-state index contributed by atoms with van der Waals surface area (Å²) in [7, 11) is 1.60. The van der Waals surface area contributed by atoms with Gasteiger partial charge in [0, 0.05) is 41.4 Å². The molecule has 3 N–H and O–H groups in total. The van der Waals surface area contributed by atoms with Gasteiger partial charge < -0.3 is 20.5 Å². The smallest absolute Gasteiger partial charge is 0.387 e. The lowest BCUT2D eigenvalue weighted by molar-refractivity contribution is -0.0764. The van der Waals surface area contributed by atoms with Crippen molar-refractivity contribution in [2.75, 3.05) is 7.05 Å². The van der Waals surface area contributed by atoms with Crippen molar-refractivity contribution in [1.82, 2.24) is 24.5 Å². The number of carbonyl (C=O) groups is 1. The van der Waals surface area contributed by atoms with Crippen LogP contribution in [0.3, 0.4) is 0 Å². The van der Waals surface area contributed by atoms with Crippen molar-refractivity contribution in [3.05, 3.63) is 76.4 Å². The van der Waals surface area contributed by atoms with Gasteiger partial charge in [-0.15, -0.1) is 0 Å². The Morgan fingerprint density at radius 1 is 1.20 bits per heavy atom. The molecule has 3 aliphatic rings. The van der Waals surface area contributed by atoms with Crippen LogP contribution < -0.4 is 10.5 Å². The summed E-state index contributed by atoms with van der Waals surface area (Å²) < 4.78 is 63.3. The Morgan fingerprint density at radius 2 is 1.95 bits per heavy atom. The fourth-order valence-electron chi connectivity index (χ4n) is 6.85. The molecule has 13 heteroatoms. The normalized spacial score (nSPS) is 26.7. The Balaban J connectivity index is 1.37. The van der Waals surface area contributed by atoms with Crippen LogP contribution in [0.1, 0.15) is 71.0 Å². The SMILES string of the molecule is CN1C(=O)c2cccc(OC(F)F)c2[C@H]2C[C@@H]1c1nn3cc(F)c(-c4cnc(C5(N)CC(C)(O)C5)c(F)c4)nc3c12. The van der Waals surface area contributed by atoms with E-state index in [-0.39, 0.29) is 58.2 Å². The van der Waals surface area contributed by atoms with Crippen LogP contribution in [0.2, 0.25) is 0 Å². The number of ether oxygens (including phenoxy) is 1. The zero-order chi connectivity index (χ0) is 29.0. The van der Waals surface area contributed by atoms with Gasteiger partial charge in [-0.3, -0.25) is 9.78 Å². The molecular weight excluding hydrogens is 544 g/mol. The molecule has 9 nitrogen and oxygen atoms in total. The van der Waals surface area contributed by atoms with Crippen LogP contribution in [-0.4, -0.2) is 54.8 Å². The summed E-state index contributed by atoms with van der Waals surface area (Å²) in [5.74, 6) is -2.65. The first-order chi connectivity index (χ1) is 19.4. The van der Waals surface area contributed by atoms with Crippen molar-refractivity contribution in [1.29, 1.82) is 0 Å². The third kappa shape index (κ3) is 3.75. The maximum Gasteiger partial charge on any atom is 0.387 e. The van der Waals surface area contributed by atoms with Crippen molar-refractivity contribution in [2.45, 2.75) is 55.9 Å². The highest BCUT2D eigenvalue weighted by Crippen LogP contribution is 2.53. The van der Waals surface area contributed by atoms with Crippen molar-refractivity contribution < 1.29 is 32.2 Å². The maximum absolute atomic E-state index is 15.4. The number of amides is 1. The summed E-state index contributed by atoms with van der Waals surface area (Å²) in [6.07, 6.45) is 2.97. The number of pyridine rings is 1. The molecule has 1 aliphatic heterocycles. The van der Waals surface area contributed by atoms with Crippen LogP contribution >= 0.6 is 0 Å². The molecule has 2 atom stereocenters. The molecule has 2 aliphatic carbocycles. The van der Waals surface area contributed by atoms with Crippen molar-refractivity contribution in [3.8, 4) is 17.0 Å². The van der Waals surface area contributed by atoms with Gasteiger partial charge in [-0.25, -0.2) is 18.3 Å². The lowest BCUT2D eigenvalue weighted by atomic mass is 9.64. The van der Waals surface area contributed by atoms with Gasteiger partial charge in [0.2, 0.25) is 0 Å². The number of aliphatic hydroxyl groups is 1.